The summed E-state index contributed by atoms with van der Waals surface area (Å²) in [6.45, 7) is 16.3. The van der Waals surface area contributed by atoms with Crippen LogP contribution in [0.25, 0.3) is 6.08 Å². The highest BCUT2D eigenvalue weighted by Gasteiger charge is 2.44. The third-order valence-corrected chi connectivity index (χ3v) is 7.59. The Kier molecular flexibility index (Phi) is 6.03. The number of benzene rings is 2. The van der Waals surface area contributed by atoms with Crippen LogP contribution in [0, 0.1) is 0 Å². The highest BCUT2D eigenvalue weighted by molar-refractivity contribution is 5.87. The van der Waals surface area contributed by atoms with Crippen LogP contribution in [0.1, 0.15) is 81.7 Å². The van der Waals surface area contributed by atoms with Gasteiger partial charge < -0.3 is 9.47 Å². The minimum Gasteiger partial charge on any atom is -0.492 e. The summed E-state index contributed by atoms with van der Waals surface area (Å²) < 4.78 is 11.2. The molecule has 0 saturated heterocycles. The van der Waals surface area contributed by atoms with E-state index in [1.807, 2.05) is 31.2 Å². The van der Waals surface area contributed by atoms with Crippen LogP contribution in [0.2, 0.25) is 0 Å². The molecule has 1 heterocycles. The molecule has 174 valence electrons. The summed E-state index contributed by atoms with van der Waals surface area (Å²) >= 11 is 0. The Bertz CT molecular complexity index is 1110. The van der Waals surface area contributed by atoms with E-state index in [2.05, 4.69) is 58.5 Å². The minimum absolute atomic E-state index is 0.142. The average molecular weight is 445 g/mol. The third kappa shape index (κ3) is 4.14. The molecule has 2 aromatic rings. The molecule has 0 aromatic heterocycles. The number of fused-ring (bicyclic) bond motifs is 2. The molecule has 1 atom stereocenters. The number of hydrogen-bond acceptors (Lipinski definition) is 3. The smallest absolute Gasteiger partial charge is 0.330 e. The molecule has 1 aliphatic carbocycles. The lowest BCUT2D eigenvalue weighted by atomic mass is 9.61. The predicted octanol–water partition coefficient (Wildman–Crippen LogP) is 6.87. The van der Waals surface area contributed by atoms with Crippen molar-refractivity contribution in [2.24, 2.45) is 0 Å². The van der Waals surface area contributed by atoms with Crippen LogP contribution >= 0.6 is 0 Å². The molecule has 3 heteroatoms. The van der Waals surface area contributed by atoms with E-state index < -0.39 is 0 Å². The summed E-state index contributed by atoms with van der Waals surface area (Å²) in [6, 6.07) is 13.2. The lowest BCUT2D eigenvalue weighted by Gasteiger charge is -2.43. The maximum Gasteiger partial charge on any atom is 0.330 e. The highest BCUT2D eigenvalue weighted by atomic mass is 16.5. The quantitative estimate of drug-likeness (QED) is 0.277. The average Bonchev–Trinajstić information content (AvgIpc) is 3.15. The molecule has 2 aromatic carbocycles. The second-order valence-corrected chi connectivity index (χ2v) is 10.7. The number of esters is 1. The molecule has 0 spiro atoms. The molecule has 0 radical (unpaired) electrons. The van der Waals surface area contributed by atoms with E-state index in [1.165, 1.54) is 35.6 Å². The molecule has 0 bridgehead atoms. The van der Waals surface area contributed by atoms with Gasteiger partial charge in [-0.25, -0.2) is 4.79 Å². The standard InChI is InChI=1S/C30H36O3/c1-7-15-30(22-11-12-23-24(19-22)29(5,6)17-16-28(23,3)4)20-33-26-13-9-21(18-25(26)30)10-14-27(31)32-8-2/h7,9-14,18-19H,1,8,15-17,20H2,2-6H3/b14-10+. The Hall–Kier alpha value is -2.81. The molecule has 3 nitrogen and oxygen atoms in total. The van der Waals surface area contributed by atoms with Gasteiger partial charge in [0.05, 0.1) is 12.0 Å². The molecule has 4 rings (SSSR count). The summed E-state index contributed by atoms with van der Waals surface area (Å²) in [5.41, 5.74) is 6.33. The van der Waals surface area contributed by atoms with Crippen LogP contribution < -0.4 is 4.74 Å². The van der Waals surface area contributed by atoms with Crippen molar-refractivity contribution in [3.8, 4) is 5.75 Å². The topological polar surface area (TPSA) is 35.5 Å². The Morgan fingerprint density at radius 2 is 1.76 bits per heavy atom. The zero-order chi connectivity index (χ0) is 23.9. The molecule has 33 heavy (non-hydrogen) atoms. The molecule has 0 amide bonds. The van der Waals surface area contributed by atoms with Crippen LogP contribution in [0.15, 0.2) is 55.1 Å². The van der Waals surface area contributed by atoms with Gasteiger partial charge in [-0.1, -0.05) is 58.0 Å². The fourth-order valence-corrected chi connectivity index (χ4v) is 5.44. The van der Waals surface area contributed by atoms with Gasteiger partial charge in [-0.05, 0) is 77.5 Å². The van der Waals surface area contributed by atoms with Gasteiger partial charge in [-0.3, -0.25) is 0 Å². The Labute approximate surface area is 198 Å². The molecule has 0 saturated carbocycles. The van der Waals surface area contributed by atoms with E-state index in [0.717, 1.165) is 23.3 Å². The number of rotatable bonds is 6. The first-order chi connectivity index (χ1) is 15.6. The van der Waals surface area contributed by atoms with Crippen LogP contribution in [-0.4, -0.2) is 19.2 Å². The maximum atomic E-state index is 11.8. The number of ether oxygens (including phenoxy) is 2. The SMILES string of the molecule is C=CCC1(c2ccc3c(c2)C(C)(C)CCC3(C)C)COc2ccc(/C=C/C(=O)OCC)cc21. The zero-order valence-electron chi connectivity index (χ0n) is 20.7. The number of allylic oxidation sites excluding steroid dienone is 1. The Morgan fingerprint density at radius 3 is 2.45 bits per heavy atom. The fraction of sp³-hybridized carbons (Fsp3) is 0.433. The van der Waals surface area contributed by atoms with Gasteiger partial charge in [0.25, 0.3) is 0 Å². The monoisotopic (exact) mass is 444 g/mol. The van der Waals surface area contributed by atoms with Gasteiger partial charge in [0, 0.05) is 11.6 Å². The van der Waals surface area contributed by atoms with E-state index in [1.54, 1.807) is 0 Å². The van der Waals surface area contributed by atoms with Gasteiger partial charge >= 0.3 is 5.97 Å². The number of carbonyl (C=O) groups is 1. The van der Waals surface area contributed by atoms with Gasteiger partial charge in [-0.2, -0.15) is 0 Å². The van der Waals surface area contributed by atoms with Crippen molar-refractivity contribution in [3.05, 3.63) is 82.9 Å². The summed E-state index contributed by atoms with van der Waals surface area (Å²) in [7, 11) is 0. The van der Waals surface area contributed by atoms with Crippen molar-refractivity contribution in [2.45, 2.75) is 70.1 Å². The summed E-state index contributed by atoms with van der Waals surface area (Å²) in [5.74, 6) is 0.577. The van der Waals surface area contributed by atoms with Gasteiger partial charge in [0.2, 0.25) is 0 Å². The first-order valence-corrected chi connectivity index (χ1v) is 12.0. The van der Waals surface area contributed by atoms with E-state index in [9.17, 15) is 4.79 Å². The van der Waals surface area contributed by atoms with Crippen LogP contribution in [0.5, 0.6) is 5.75 Å². The third-order valence-electron chi connectivity index (χ3n) is 7.59. The number of carbonyl (C=O) groups excluding carboxylic acids is 1. The van der Waals surface area contributed by atoms with E-state index >= 15 is 0 Å². The molecular weight excluding hydrogens is 408 g/mol. The lowest BCUT2D eigenvalue weighted by Crippen LogP contribution is -2.35. The first kappa shape index (κ1) is 23.4. The second-order valence-electron chi connectivity index (χ2n) is 10.7. The van der Waals surface area contributed by atoms with Gasteiger partial charge in [0.15, 0.2) is 0 Å². The molecular formula is C30H36O3. The minimum atomic E-state index is -0.328. The fourth-order valence-electron chi connectivity index (χ4n) is 5.44. The normalized spacial score (nSPS) is 22.3. The van der Waals surface area contributed by atoms with Crippen LogP contribution in [0.3, 0.4) is 0 Å². The molecule has 0 N–H and O–H groups in total. The van der Waals surface area contributed by atoms with Crippen LogP contribution in [-0.2, 0) is 25.8 Å². The van der Waals surface area contributed by atoms with Gasteiger partial charge in [0.1, 0.15) is 12.4 Å². The number of hydrogen-bond donors (Lipinski definition) is 0. The highest BCUT2D eigenvalue weighted by Crippen LogP contribution is 2.50. The molecule has 1 unspecified atom stereocenters. The van der Waals surface area contributed by atoms with Crippen molar-refractivity contribution >= 4 is 12.0 Å². The van der Waals surface area contributed by atoms with Crippen molar-refractivity contribution in [3.63, 3.8) is 0 Å². The molecule has 2 aliphatic rings. The van der Waals surface area contributed by atoms with Gasteiger partial charge in [-0.15, -0.1) is 6.58 Å². The van der Waals surface area contributed by atoms with Crippen molar-refractivity contribution in [2.75, 3.05) is 13.2 Å². The van der Waals surface area contributed by atoms with Crippen molar-refractivity contribution in [1.29, 1.82) is 0 Å². The van der Waals surface area contributed by atoms with Crippen molar-refractivity contribution in [1.82, 2.24) is 0 Å². The van der Waals surface area contributed by atoms with E-state index in [4.69, 9.17) is 9.47 Å². The molecule has 0 fully saturated rings. The van der Waals surface area contributed by atoms with E-state index in [0.29, 0.717) is 13.2 Å². The Morgan fingerprint density at radius 1 is 1.03 bits per heavy atom. The summed E-state index contributed by atoms with van der Waals surface area (Å²) in [6.07, 6.45) is 8.46. The van der Waals surface area contributed by atoms with E-state index in [-0.39, 0.29) is 22.2 Å². The molecule has 1 aliphatic heterocycles. The van der Waals surface area contributed by atoms with Crippen LogP contribution in [0.4, 0.5) is 0 Å². The first-order valence-electron chi connectivity index (χ1n) is 12.0. The lowest BCUT2D eigenvalue weighted by molar-refractivity contribution is -0.137. The van der Waals surface area contributed by atoms with Crippen molar-refractivity contribution < 1.29 is 14.3 Å². The summed E-state index contributed by atoms with van der Waals surface area (Å²) in [4.78, 5) is 11.8. The maximum absolute atomic E-state index is 11.8. The largest absolute Gasteiger partial charge is 0.492 e. The predicted molar refractivity (Wildman–Crippen MR) is 135 cm³/mol. The zero-order valence-corrected chi connectivity index (χ0v) is 20.7. The Balaban J connectivity index is 1.82. The summed E-state index contributed by atoms with van der Waals surface area (Å²) in [5, 5.41) is 0. The second kappa shape index (κ2) is 8.52.